The van der Waals surface area contributed by atoms with E-state index in [-0.39, 0.29) is 11.8 Å². The summed E-state index contributed by atoms with van der Waals surface area (Å²) in [5.74, 6) is -2.69. The van der Waals surface area contributed by atoms with Gasteiger partial charge in [-0.3, -0.25) is 9.59 Å². The van der Waals surface area contributed by atoms with Crippen LogP contribution in [0.3, 0.4) is 0 Å². The van der Waals surface area contributed by atoms with E-state index in [1.165, 1.54) is 45.1 Å². The van der Waals surface area contributed by atoms with Gasteiger partial charge in [-0.2, -0.15) is 0 Å². The molecule has 37 heavy (non-hydrogen) atoms. The van der Waals surface area contributed by atoms with E-state index in [1.54, 1.807) is 11.3 Å². The lowest BCUT2D eigenvalue weighted by Gasteiger charge is -2.13. The summed E-state index contributed by atoms with van der Waals surface area (Å²) < 4.78 is 2.43. The fourth-order valence-electron chi connectivity index (χ4n) is 4.54. The highest BCUT2D eigenvalue weighted by atomic mass is 32.1. The van der Waals surface area contributed by atoms with E-state index in [2.05, 4.69) is 47.0 Å². The van der Waals surface area contributed by atoms with Crippen LogP contribution in [0, 0.1) is 0 Å². The van der Waals surface area contributed by atoms with Crippen LogP contribution < -0.4 is 10.6 Å². The van der Waals surface area contributed by atoms with E-state index < -0.39 is 24.0 Å². The van der Waals surface area contributed by atoms with Crippen LogP contribution in [0.5, 0.6) is 0 Å². The number of rotatable bonds is 14. The third-order valence-electron chi connectivity index (χ3n) is 6.37. The second-order valence-corrected chi connectivity index (χ2v) is 10.5. The van der Waals surface area contributed by atoms with Crippen molar-refractivity contribution in [3.05, 3.63) is 47.5 Å². The molecule has 3 aromatic rings. The van der Waals surface area contributed by atoms with E-state index in [9.17, 15) is 29.4 Å². The van der Waals surface area contributed by atoms with Crippen molar-refractivity contribution in [1.82, 2.24) is 10.6 Å². The monoisotopic (exact) mass is 526 g/mol. The largest absolute Gasteiger partial charge is 0.480 e. The van der Waals surface area contributed by atoms with Crippen LogP contribution in [-0.2, 0) is 32.0 Å². The third-order valence-corrected chi connectivity index (χ3v) is 7.52. The van der Waals surface area contributed by atoms with Crippen LogP contribution in [-0.4, -0.2) is 46.0 Å². The molecule has 198 valence electrons. The standard InChI is InChI=1S/C28H34N2O6S/c1-17(31)29-23(27(33)34)9-5-3-7-19-11-13-25-21(15-19)22-16-20(12-14-26(22)37-25)8-4-6-10-24(28(35)36)30-18(2)32/h11-16,23-24H,3-10H2,1-2H3,(H,29,31)(H,30,32)(H,33,34)(H,35,36). The van der Waals surface area contributed by atoms with Gasteiger partial charge in [0.05, 0.1) is 0 Å². The van der Waals surface area contributed by atoms with Crippen molar-refractivity contribution in [2.75, 3.05) is 0 Å². The van der Waals surface area contributed by atoms with Crippen LogP contribution in [0.2, 0.25) is 0 Å². The molecule has 0 aliphatic rings. The summed E-state index contributed by atoms with van der Waals surface area (Å²) in [6, 6.07) is 11.3. The Hall–Kier alpha value is -3.46. The summed E-state index contributed by atoms with van der Waals surface area (Å²) in [6.07, 6.45) is 5.54. The quantitative estimate of drug-likeness (QED) is 0.226. The highest BCUT2D eigenvalue weighted by Crippen LogP contribution is 2.35. The zero-order valence-corrected chi connectivity index (χ0v) is 22.0. The number of nitrogens with one attached hydrogen (secondary N) is 2. The number of carbonyl (C=O) groups is 4. The Morgan fingerprint density at radius 3 is 1.46 bits per heavy atom. The van der Waals surface area contributed by atoms with Crippen molar-refractivity contribution >= 4 is 55.3 Å². The summed E-state index contributed by atoms with van der Waals surface area (Å²) in [5, 5.41) is 25.9. The highest BCUT2D eigenvalue weighted by Gasteiger charge is 2.18. The average molecular weight is 527 g/mol. The Kier molecular flexibility index (Phi) is 10.0. The summed E-state index contributed by atoms with van der Waals surface area (Å²) in [6.45, 7) is 2.65. The second kappa shape index (κ2) is 13.2. The molecule has 2 aromatic carbocycles. The number of amides is 2. The zero-order chi connectivity index (χ0) is 26.9. The first-order valence-electron chi connectivity index (χ1n) is 12.6. The predicted octanol–water partition coefficient (Wildman–Crippen LogP) is 4.66. The molecule has 4 N–H and O–H groups in total. The number of carboxylic acids is 2. The number of aryl methyl sites for hydroxylation is 2. The lowest BCUT2D eigenvalue weighted by atomic mass is 10.0. The molecule has 1 aromatic heterocycles. The summed E-state index contributed by atoms with van der Waals surface area (Å²) >= 11 is 1.75. The maximum absolute atomic E-state index is 11.3. The number of hydrogen-bond acceptors (Lipinski definition) is 5. The number of thiophene rings is 1. The van der Waals surface area contributed by atoms with Crippen molar-refractivity contribution in [2.45, 2.75) is 77.3 Å². The molecule has 3 rings (SSSR count). The highest BCUT2D eigenvalue weighted by molar-refractivity contribution is 7.25. The summed E-state index contributed by atoms with van der Waals surface area (Å²) in [7, 11) is 0. The summed E-state index contributed by atoms with van der Waals surface area (Å²) in [5.41, 5.74) is 2.39. The van der Waals surface area contributed by atoms with Gasteiger partial charge in [0.15, 0.2) is 0 Å². The molecule has 8 nitrogen and oxygen atoms in total. The van der Waals surface area contributed by atoms with Gasteiger partial charge in [-0.05, 0) is 73.9 Å². The van der Waals surface area contributed by atoms with Crippen LogP contribution >= 0.6 is 11.3 Å². The molecule has 2 unspecified atom stereocenters. The second-order valence-electron chi connectivity index (χ2n) is 9.44. The fourth-order valence-corrected chi connectivity index (χ4v) is 5.61. The molecule has 0 aliphatic heterocycles. The SMILES string of the molecule is CC(=O)NC(CCCCc1ccc2sc3ccc(CCCCC(NC(C)=O)C(=O)O)cc3c2c1)C(=O)O. The van der Waals surface area contributed by atoms with E-state index in [0.717, 1.165) is 25.7 Å². The van der Waals surface area contributed by atoms with Crippen molar-refractivity contribution in [1.29, 1.82) is 0 Å². The molecule has 0 saturated carbocycles. The number of hydrogen-bond donors (Lipinski definition) is 4. The Labute approximate surface area is 220 Å². The van der Waals surface area contributed by atoms with Crippen LogP contribution in [0.1, 0.15) is 63.5 Å². The minimum absolute atomic E-state index is 0.337. The Morgan fingerprint density at radius 1 is 0.703 bits per heavy atom. The van der Waals surface area contributed by atoms with Gasteiger partial charge in [-0.1, -0.05) is 25.0 Å². The molecule has 0 radical (unpaired) electrons. The minimum atomic E-state index is -1.01. The maximum Gasteiger partial charge on any atom is 0.326 e. The summed E-state index contributed by atoms with van der Waals surface area (Å²) in [4.78, 5) is 45.0. The third kappa shape index (κ3) is 8.28. The van der Waals surface area contributed by atoms with Crippen molar-refractivity contribution < 1.29 is 29.4 Å². The first-order valence-corrected chi connectivity index (χ1v) is 13.4. The number of aliphatic carboxylic acids is 2. The first kappa shape index (κ1) is 28.1. The number of benzene rings is 2. The van der Waals surface area contributed by atoms with Crippen molar-refractivity contribution in [3.8, 4) is 0 Å². The van der Waals surface area contributed by atoms with Gasteiger partial charge in [0.25, 0.3) is 0 Å². The van der Waals surface area contributed by atoms with E-state index in [1.807, 2.05) is 0 Å². The van der Waals surface area contributed by atoms with Crippen LogP contribution in [0.15, 0.2) is 36.4 Å². The molecule has 0 fully saturated rings. The number of fused-ring (bicyclic) bond motifs is 3. The Balaban J connectivity index is 1.60. The predicted molar refractivity (Wildman–Crippen MR) is 145 cm³/mol. The lowest BCUT2D eigenvalue weighted by molar-refractivity contribution is -0.142. The number of carbonyl (C=O) groups excluding carboxylic acids is 2. The van der Waals surface area contributed by atoms with Gasteiger partial charge in [0.2, 0.25) is 11.8 Å². The zero-order valence-electron chi connectivity index (χ0n) is 21.2. The normalized spacial score (nSPS) is 12.8. The van der Waals surface area contributed by atoms with Gasteiger partial charge in [0, 0.05) is 34.0 Å². The minimum Gasteiger partial charge on any atom is -0.480 e. The van der Waals surface area contributed by atoms with Gasteiger partial charge in [-0.15, -0.1) is 11.3 Å². The van der Waals surface area contributed by atoms with E-state index in [4.69, 9.17) is 0 Å². The van der Waals surface area contributed by atoms with Crippen LogP contribution in [0.4, 0.5) is 0 Å². The Bertz CT molecular complexity index is 1190. The smallest absolute Gasteiger partial charge is 0.326 e. The lowest BCUT2D eigenvalue weighted by Crippen LogP contribution is -2.39. The van der Waals surface area contributed by atoms with Gasteiger partial charge in [-0.25, -0.2) is 9.59 Å². The van der Waals surface area contributed by atoms with Gasteiger partial charge >= 0.3 is 11.9 Å². The number of carboxylic acid groups (broad SMARTS) is 2. The fraction of sp³-hybridized carbons (Fsp3) is 0.429. The molecule has 9 heteroatoms. The Morgan fingerprint density at radius 2 is 1.11 bits per heavy atom. The number of unbranched alkanes of at least 4 members (excludes halogenated alkanes) is 2. The average Bonchev–Trinajstić information content (AvgIpc) is 3.19. The van der Waals surface area contributed by atoms with Gasteiger partial charge in [0.1, 0.15) is 12.1 Å². The van der Waals surface area contributed by atoms with Crippen LogP contribution in [0.25, 0.3) is 20.2 Å². The molecule has 0 saturated heterocycles. The first-order chi connectivity index (χ1) is 17.6. The molecule has 2 amide bonds. The molecule has 0 spiro atoms. The molecular formula is C28H34N2O6S. The van der Waals surface area contributed by atoms with Gasteiger partial charge < -0.3 is 20.8 Å². The molecule has 1 heterocycles. The molecule has 0 bridgehead atoms. The van der Waals surface area contributed by atoms with E-state index in [0.29, 0.717) is 25.7 Å². The molecule has 2 atom stereocenters. The molecule has 0 aliphatic carbocycles. The topological polar surface area (TPSA) is 133 Å². The van der Waals surface area contributed by atoms with Crippen molar-refractivity contribution in [3.63, 3.8) is 0 Å². The molecular weight excluding hydrogens is 492 g/mol. The van der Waals surface area contributed by atoms with Crippen molar-refractivity contribution in [2.24, 2.45) is 0 Å². The van der Waals surface area contributed by atoms with E-state index >= 15 is 0 Å². The maximum atomic E-state index is 11.3.